The van der Waals surface area contributed by atoms with E-state index in [1.165, 1.54) is 50.5 Å². The summed E-state index contributed by atoms with van der Waals surface area (Å²) in [5, 5.41) is 11.1. The molecule has 1 aromatic heterocycles. The number of hydrogen-bond acceptors (Lipinski definition) is 3. The maximum absolute atomic E-state index is 3.93. The largest absolute Gasteiger partial charge is 0.313 e. The highest BCUT2D eigenvalue weighted by Crippen LogP contribution is 2.18. The molecule has 0 amide bonds. The second-order valence-electron chi connectivity index (χ2n) is 4.57. The predicted octanol–water partition coefficient (Wildman–Crippen LogP) is 3.49. The number of unbranched alkanes of at least 4 members (excludes halogenated alkanes) is 5. The highest BCUT2D eigenvalue weighted by molar-refractivity contribution is 5.10. The Balaban J connectivity index is 2.20. The molecule has 0 aliphatic heterocycles. The van der Waals surface area contributed by atoms with Gasteiger partial charge in [0.2, 0.25) is 0 Å². The van der Waals surface area contributed by atoms with E-state index >= 15 is 0 Å². The number of rotatable bonds is 9. The van der Waals surface area contributed by atoms with E-state index in [1.54, 1.807) is 6.20 Å². The molecule has 0 saturated carbocycles. The van der Waals surface area contributed by atoms with Gasteiger partial charge in [-0.05, 0) is 25.1 Å². The molecule has 3 heteroatoms. The van der Waals surface area contributed by atoms with Crippen molar-refractivity contribution in [1.29, 1.82) is 0 Å². The summed E-state index contributed by atoms with van der Waals surface area (Å²) in [6.45, 7) is 2.26. The highest BCUT2D eigenvalue weighted by Gasteiger charge is 2.08. The lowest BCUT2D eigenvalue weighted by molar-refractivity contribution is 0.496. The van der Waals surface area contributed by atoms with Crippen molar-refractivity contribution in [2.24, 2.45) is 0 Å². The van der Waals surface area contributed by atoms with Crippen molar-refractivity contribution in [1.82, 2.24) is 15.5 Å². The van der Waals surface area contributed by atoms with E-state index in [2.05, 4.69) is 22.4 Å². The molecule has 17 heavy (non-hydrogen) atoms. The van der Waals surface area contributed by atoms with Crippen LogP contribution in [0.2, 0.25) is 0 Å². The maximum Gasteiger partial charge on any atom is 0.0544 e. The third-order valence-electron chi connectivity index (χ3n) is 3.20. The van der Waals surface area contributed by atoms with E-state index < -0.39 is 0 Å². The van der Waals surface area contributed by atoms with Crippen LogP contribution in [-0.4, -0.2) is 17.2 Å². The zero-order valence-electron chi connectivity index (χ0n) is 11.2. The SMILES string of the molecule is CCCCCCCCC(NC)c1ccnnc1. The monoisotopic (exact) mass is 235 g/mol. The minimum Gasteiger partial charge on any atom is -0.313 e. The van der Waals surface area contributed by atoms with Crippen LogP contribution in [0, 0.1) is 0 Å². The Hall–Kier alpha value is -0.960. The first kappa shape index (κ1) is 14.1. The number of aromatic nitrogens is 2. The van der Waals surface area contributed by atoms with E-state index in [0.717, 1.165) is 0 Å². The van der Waals surface area contributed by atoms with Crippen LogP contribution in [0.4, 0.5) is 0 Å². The molecule has 0 bridgehead atoms. The fraction of sp³-hybridized carbons (Fsp3) is 0.714. The lowest BCUT2D eigenvalue weighted by atomic mass is 10.0. The van der Waals surface area contributed by atoms with Crippen molar-refractivity contribution >= 4 is 0 Å². The highest BCUT2D eigenvalue weighted by atomic mass is 15.1. The van der Waals surface area contributed by atoms with E-state index in [0.29, 0.717) is 6.04 Å². The topological polar surface area (TPSA) is 37.8 Å². The Bertz CT molecular complexity index is 274. The Labute approximate surface area is 105 Å². The summed E-state index contributed by atoms with van der Waals surface area (Å²) in [4.78, 5) is 0. The first-order valence-electron chi connectivity index (χ1n) is 6.82. The predicted molar refractivity (Wildman–Crippen MR) is 71.8 cm³/mol. The van der Waals surface area contributed by atoms with Gasteiger partial charge in [-0.25, -0.2) is 0 Å². The van der Waals surface area contributed by atoms with Gasteiger partial charge in [0.25, 0.3) is 0 Å². The summed E-state index contributed by atoms with van der Waals surface area (Å²) in [6.07, 6.45) is 12.9. The zero-order chi connectivity index (χ0) is 12.3. The van der Waals surface area contributed by atoms with E-state index in [-0.39, 0.29) is 0 Å². The summed E-state index contributed by atoms with van der Waals surface area (Å²) in [5.74, 6) is 0. The lowest BCUT2D eigenvalue weighted by Crippen LogP contribution is -2.16. The molecule has 1 rings (SSSR count). The van der Waals surface area contributed by atoms with Crippen LogP contribution in [0.15, 0.2) is 18.5 Å². The Morgan fingerprint density at radius 3 is 2.53 bits per heavy atom. The van der Waals surface area contributed by atoms with Crippen molar-refractivity contribution < 1.29 is 0 Å². The average molecular weight is 235 g/mol. The van der Waals surface area contributed by atoms with Gasteiger partial charge in [-0.3, -0.25) is 0 Å². The molecule has 1 unspecified atom stereocenters. The molecule has 1 N–H and O–H groups in total. The Morgan fingerprint density at radius 1 is 1.12 bits per heavy atom. The minimum atomic E-state index is 0.427. The van der Waals surface area contributed by atoms with Gasteiger partial charge < -0.3 is 5.32 Å². The summed E-state index contributed by atoms with van der Waals surface area (Å²) in [7, 11) is 2.02. The van der Waals surface area contributed by atoms with Gasteiger partial charge >= 0.3 is 0 Å². The molecular formula is C14H25N3. The van der Waals surface area contributed by atoms with Gasteiger partial charge in [0.15, 0.2) is 0 Å². The summed E-state index contributed by atoms with van der Waals surface area (Å²) >= 11 is 0. The molecule has 1 heterocycles. The van der Waals surface area contributed by atoms with Gasteiger partial charge in [0, 0.05) is 12.2 Å². The third-order valence-corrected chi connectivity index (χ3v) is 3.20. The second-order valence-corrected chi connectivity index (χ2v) is 4.57. The quantitative estimate of drug-likeness (QED) is 0.666. The average Bonchev–Trinajstić information content (AvgIpc) is 2.39. The van der Waals surface area contributed by atoms with Crippen LogP contribution in [0.5, 0.6) is 0 Å². The van der Waals surface area contributed by atoms with Crippen LogP contribution in [0.1, 0.15) is 63.5 Å². The fourth-order valence-corrected chi connectivity index (χ4v) is 2.11. The standard InChI is InChI=1S/C14H25N3/c1-3-4-5-6-7-8-9-14(15-2)13-10-11-16-17-12-13/h10-12,14-15H,3-9H2,1-2H3. The van der Waals surface area contributed by atoms with Crippen molar-refractivity contribution in [3.05, 3.63) is 24.0 Å². The van der Waals surface area contributed by atoms with Crippen LogP contribution in [0.3, 0.4) is 0 Å². The minimum absolute atomic E-state index is 0.427. The van der Waals surface area contributed by atoms with Crippen molar-refractivity contribution in [2.45, 2.75) is 57.9 Å². The molecule has 3 nitrogen and oxygen atoms in total. The summed E-state index contributed by atoms with van der Waals surface area (Å²) in [5.41, 5.74) is 1.25. The smallest absolute Gasteiger partial charge is 0.0544 e. The molecule has 0 aliphatic rings. The molecule has 0 saturated heterocycles. The first-order chi connectivity index (χ1) is 8.38. The zero-order valence-corrected chi connectivity index (χ0v) is 11.2. The molecule has 0 aromatic carbocycles. The molecule has 0 spiro atoms. The van der Waals surface area contributed by atoms with Crippen LogP contribution >= 0.6 is 0 Å². The summed E-state index contributed by atoms with van der Waals surface area (Å²) < 4.78 is 0. The van der Waals surface area contributed by atoms with E-state index in [4.69, 9.17) is 0 Å². The second kappa shape index (κ2) is 9.11. The first-order valence-corrected chi connectivity index (χ1v) is 6.82. The van der Waals surface area contributed by atoms with Gasteiger partial charge in [0.1, 0.15) is 0 Å². The molecule has 0 radical (unpaired) electrons. The molecule has 0 fully saturated rings. The van der Waals surface area contributed by atoms with Crippen LogP contribution in [0.25, 0.3) is 0 Å². The van der Waals surface area contributed by atoms with Crippen LogP contribution < -0.4 is 5.32 Å². The number of nitrogens with one attached hydrogen (secondary N) is 1. The van der Waals surface area contributed by atoms with E-state index in [9.17, 15) is 0 Å². The van der Waals surface area contributed by atoms with Gasteiger partial charge in [-0.15, -0.1) is 0 Å². The lowest BCUT2D eigenvalue weighted by Gasteiger charge is -2.15. The summed E-state index contributed by atoms with van der Waals surface area (Å²) in [6, 6.07) is 2.47. The molecule has 0 aliphatic carbocycles. The van der Waals surface area contributed by atoms with Crippen molar-refractivity contribution in [2.75, 3.05) is 7.05 Å². The van der Waals surface area contributed by atoms with Gasteiger partial charge in [0.05, 0.1) is 6.20 Å². The van der Waals surface area contributed by atoms with E-state index in [1.807, 2.05) is 19.3 Å². The maximum atomic E-state index is 3.93. The van der Waals surface area contributed by atoms with Crippen LogP contribution in [-0.2, 0) is 0 Å². The fourth-order valence-electron chi connectivity index (χ4n) is 2.11. The normalized spacial score (nSPS) is 12.6. The molecule has 1 atom stereocenters. The van der Waals surface area contributed by atoms with Gasteiger partial charge in [-0.1, -0.05) is 45.4 Å². The molecular weight excluding hydrogens is 210 g/mol. The number of nitrogens with zero attached hydrogens (tertiary/aromatic N) is 2. The molecule has 1 aromatic rings. The molecule has 96 valence electrons. The third kappa shape index (κ3) is 5.78. The van der Waals surface area contributed by atoms with Crippen molar-refractivity contribution in [3.8, 4) is 0 Å². The number of hydrogen-bond donors (Lipinski definition) is 1. The Morgan fingerprint density at radius 2 is 1.88 bits per heavy atom. The van der Waals surface area contributed by atoms with Gasteiger partial charge in [-0.2, -0.15) is 10.2 Å². The Kier molecular flexibility index (Phi) is 7.56. The van der Waals surface area contributed by atoms with Crippen molar-refractivity contribution in [3.63, 3.8) is 0 Å².